The first-order valence-corrected chi connectivity index (χ1v) is 6.90. The number of rotatable bonds is 5. The molecule has 0 spiro atoms. The van der Waals surface area contributed by atoms with Crippen molar-refractivity contribution in [3.63, 3.8) is 0 Å². The number of carbonyl (C=O) groups excluding carboxylic acids is 1. The number of nitrogens with one attached hydrogen (secondary N) is 1. The van der Waals surface area contributed by atoms with Crippen LogP contribution < -0.4 is 5.32 Å². The van der Waals surface area contributed by atoms with Gasteiger partial charge < -0.3 is 5.32 Å². The molecule has 0 aliphatic carbocycles. The summed E-state index contributed by atoms with van der Waals surface area (Å²) >= 11 is 0. The van der Waals surface area contributed by atoms with E-state index in [1.807, 2.05) is 12.3 Å². The molecule has 0 aliphatic rings. The topological polar surface area (TPSA) is 42.0 Å². The van der Waals surface area contributed by atoms with Crippen LogP contribution in [0.4, 0.5) is 5.82 Å². The van der Waals surface area contributed by atoms with E-state index >= 15 is 0 Å². The molecule has 3 nitrogen and oxygen atoms in total. The summed E-state index contributed by atoms with van der Waals surface area (Å²) in [6.45, 7) is 12.8. The van der Waals surface area contributed by atoms with Crippen molar-refractivity contribution < 1.29 is 4.79 Å². The Morgan fingerprint density at radius 3 is 2.32 bits per heavy atom. The summed E-state index contributed by atoms with van der Waals surface area (Å²) in [7, 11) is 0. The van der Waals surface area contributed by atoms with Gasteiger partial charge in [0.05, 0.1) is 0 Å². The Balaban J connectivity index is 2.87. The lowest BCUT2D eigenvalue weighted by Gasteiger charge is -2.34. The van der Waals surface area contributed by atoms with E-state index in [4.69, 9.17) is 0 Å². The van der Waals surface area contributed by atoms with Gasteiger partial charge in [-0.2, -0.15) is 0 Å². The molecule has 0 fully saturated rings. The molecule has 1 aromatic rings. The Hall–Kier alpha value is -1.38. The second-order valence-corrected chi connectivity index (χ2v) is 6.69. The average molecular weight is 262 g/mol. The normalized spacial score (nSPS) is 12.3. The molecule has 0 aliphatic heterocycles. The number of pyridine rings is 1. The molecule has 1 N–H and O–H groups in total. The van der Waals surface area contributed by atoms with Crippen LogP contribution in [-0.4, -0.2) is 10.9 Å². The zero-order valence-corrected chi connectivity index (χ0v) is 13.0. The van der Waals surface area contributed by atoms with Gasteiger partial charge in [-0.05, 0) is 28.9 Å². The third kappa shape index (κ3) is 4.66. The van der Waals surface area contributed by atoms with Gasteiger partial charge in [0.15, 0.2) is 0 Å². The number of aromatic nitrogens is 1. The van der Waals surface area contributed by atoms with Gasteiger partial charge in [-0.15, -0.1) is 0 Å². The fraction of sp³-hybridized carbons (Fsp3) is 0.625. The van der Waals surface area contributed by atoms with Crippen LogP contribution in [0.2, 0.25) is 0 Å². The van der Waals surface area contributed by atoms with Gasteiger partial charge in [-0.1, -0.05) is 47.1 Å². The summed E-state index contributed by atoms with van der Waals surface area (Å²) in [5, 5.41) is 2.69. The van der Waals surface area contributed by atoms with Crippen molar-refractivity contribution in [2.24, 2.45) is 5.41 Å². The monoisotopic (exact) mass is 262 g/mol. The zero-order chi connectivity index (χ0) is 14.7. The van der Waals surface area contributed by atoms with Crippen molar-refractivity contribution in [2.45, 2.75) is 59.8 Å². The van der Waals surface area contributed by atoms with E-state index in [9.17, 15) is 4.79 Å². The maximum Gasteiger partial charge on any atom is 0.222 e. The maximum atomic E-state index is 11.0. The quantitative estimate of drug-likeness (QED) is 0.866. The molecule has 0 bridgehead atoms. The van der Waals surface area contributed by atoms with Crippen LogP contribution in [0.25, 0.3) is 0 Å². The molecule has 1 heterocycles. The molecular formula is C16H26N2O. The summed E-state index contributed by atoms with van der Waals surface area (Å²) in [6.07, 6.45) is 4.14. The van der Waals surface area contributed by atoms with Gasteiger partial charge >= 0.3 is 0 Å². The van der Waals surface area contributed by atoms with E-state index in [0.29, 0.717) is 11.2 Å². The Morgan fingerprint density at radius 2 is 1.89 bits per heavy atom. The summed E-state index contributed by atoms with van der Waals surface area (Å²) in [5.74, 6) is 0.522. The SMILES string of the molecule is CCC(C)(C)CC(C)(C)c1ccc(NC(C)=O)nc1. The molecule has 0 atom stereocenters. The maximum absolute atomic E-state index is 11.0. The first-order valence-electron chi connectivity index (χ1n) is 6.90. The number of hydrogen-bond donors (Lipinski definition) is 1. The van der Waals surface area contributed by atoms with Crippen molar-refractivity contribution in [1.29, 1.82) is 0 Å². The number of amides is 1. The van der Waals surface area contributed by atoms with Gasteiger partial charge in [0.2, 0.25) is 5.91 Å². The van der Waals surface area contributed by atoms with Crippen molar-refractivity contribution in [1.82, 2.24) is 4.98 Å². The highest BCUT2D eigenvalue weighted by Crippen LogP contribution is 2.38. The minimum absolute atomic E-state index is 0.0846. The highest BCUT2D eigenvalue weighted by Gasteiger charge is 2.29. The molecule has 1 amide bonds. The standard InChI is InChI=1S/C16H26N2O/c1-7-15(3,4)11-16(5,6)13-8-9-14(17-10-13)18-12(2)19/h8-10H,7,11H2,1-6H3,(H,17,18,19). The van der Waals surface area contributed by atoms with Crippen molar-refractivity contribution >= 4 is 11.7 Å². The zero-order valence-electron chi connectivity index (χ0n) is 13.0. The number of anilines is 1. The van der Waals surface area contributed by atoms with Gasteiger partial charge in [0, 0.05) is 13.1 Å². The molecule has 0 saturated carbocycles. The van der Waals surface area contributed by atoms with E-state index in [1.165, 1.54) is 12.5 Å². The van der Waals surface area contributed by atoms with Crippen LogP contribution in [-0.2, 0) is 10.2 Å². The van der Waals surface area contributed by atoms with E-state index in [2.05, 4.69) is 51.0 Å². The van der Waals surface area contributed by atoms with Crippen molar-refractivity contribution in [2.75, 3.05) is 5.32 Å². The van der Waals surface area contributed by atoms with Gasteiger partial charge in [0.25, 0.3) is 0 Å². The molecule has 1 aromatic heterocycles. The minimum atomic E-state index is -0.0911. The van der Waals surface area contributed by atoms with E-state index in [0.717, 1.165) is 12.8 Å². The van der Waals surface area contributed by atoms with Crippen molar-refractivity contribution in [3.05, 3.63) is 23.9 Å². The second-order valence-electron chi connectivity index (χ2n) is 6.69. The smallest absolute Gasteiger partial charge is 0.222 e. The molecule has 106 valence electrons. The van der Waals surface area contributed by atoms with Crippen molar-refractivity contribution in [3.8, 4) is 0 Å². The summed E-state index contributed by atoms with van der Waals surface area (Å²) < 4.78 is 0. The first-order chi connectivity index (χ1) is 8.66. The highest BCUT2D eigenvalue weighted by molar-refractivity contribution is 5.87. The van der Waals surface area contributed by atoms with E-state index < -0.39 is 0 Å². The highest BCUT2D eigenvalue weighted by atomic mass is 16.1. The van der Waals surface area contributed by atoms with Crippen LogP contribution in [0.5, 0.6) is 0 Å². The number of hydrogen-bond acceptors (Lipinski definition) is 2. The van der Waals surface area contributed by atoms with Crippen LogP contribution in [0.15, 0.2) is 18.3 Å². The molecule has 1 rings (SSSR count). The third-order valence-electron chi connectivity index (χ3n) is 3.73. The Labute approximate surface area is 116 Å². The second kappa shape index (κ2) is 5.72. The average Bonchev–Trinajstić information content (AvgIpc) is 2.27. The summed E-state index contributed by atoms with van der Waals surface area (Å²) in [4.78, 5) is 15.3. The number of nitrogens with zero attached hydrogens (tertiary/aromatic N) is 1. The lowest BCUT2D eigenvalue weighted by molar-refractivity contribution is -0.114. The number of carbonyl (C=O) groups is 1. The largest absolute Gasteiger partial charge is 0.311 e. The lowest BCUT2D eigenvalue weighted by atomic mass is 9.71. The van der Waals surface area contributed by atoms with E-state index in [1.54, 1.807) is 0 Å². The molecular weight excluding hydrogens is 236 g/mol. The van der Waals surface area contributed by atoms with E-state index in [-0.39, 0.29) is 11.3 Å². The molecule has 3 heteroatoms. The molecule has 0 radical (unpaired) electrons. The predicted molar refractivity (Wildman–Crippen MR) is 80.3 cm³/mol. The lowest BCUT2D eigenvalue weighted by Crippen LogP contribution is -2.26. The molecule has 0 aromatic carbocycles. The van der Waals surface area contributed by atoms with Crippen LogP contribution >= 0.6 is 0 Å². The van der Waals surface area contributed by atoms with Crippen LogP contribution in [0.1, 0.15) is 59.9 Å². The van der Waals surface area contributed by atoms with Gasteiger partial charge in [-0.3, -0.25) is 4.79 Å². The summed E-state index contributed by atoms with van der Waals surface area (Å²) in [5.41, 5.74) is 1.62. The van der Waals surface area contributed by atoms with Crippen LogP contribution in [0, 0.1) is 5.41 Å². The fourth-order valence-electron chi connectivity index (χ4n) is 2.47. The van der Waals surface area contributed by atoms with Gasteiger partial charge in [-0.25, -0.2) is 4.98 Å². The van der Waals surface area contributed by atoms with Crippen LogP contribution in [0.3, 0.4) is 0 Å². The first kappa shape index (κ1) is 15.7. The third-order valence-corrected chi connectivity index (χ3v) is 3.73. The molecule has 19 heavy (non-hydrogen) atoms. The molecule has 0 saturated heterocycles. The Bertz CT molecular complexity index is 433. The fourth-order valence-corrected chi connectivity index (χ4v) is 2.47. The summed E-state index contributed by atoms with van der Waals surface area (Å²) in [6, 6.07) is 3.93. The minimum Gasteiger partial charge on any atom is -0.311 e. The molecule has 0 unspecified atom stereocenters. The van der Waals surface area contributed by atoms with Gasteiger partial charge in [0.1, 0.15) is 5.82 Å². The predicted octanol–water partition coefficient (Wildman–Crippen LogP) is 4.14. The Kier molecular flexibility index (Phi) is 4.72. The Morgan fingerprint density at radius 1 is 1.26 bits per heavy atom.